The van der Waals surface area contributed by atoms with E-state index in [9.17, 15) is 29.1 Å². The Bertz CT molecular complexity index is 1100. The number of hydrogen-bond acceptors (Lipinski definition) is 8. The van der Waals surface area contributed by atoms with Crippen LogP contribution in [0.5, 0.6) is 0 Å². The number of carbonyl (C=O) groups is 5. The first-order valence-corrected chi connectivity index (χ1v) is 11.4. The molecule has 0 fully saturated rings. The maximum Gasteiger partial charge on any atom is 0.330 e. The highest BCUT2D eigenvalue weighted by atomic mass is 79.9. The molecule has 0 radical (unpaired) electrons. The van der Waals surface area contributed by atoms with Gasteiger partial charge >= 0.3 is 23.9 Å². The van der Waals surface area contributed by atoms with Crippen molar-refractivity contribution < 1.29 is 43.3 Å². The molecule has 0 aliphatic heterocycles. The fourth-order valence-electron chi connectivity index (χ4n) is 3.32. The summed E-state index contributed by atoms with van der Waals surface area (Å²) < 4.78 is 15.3. The van der Waals surface area contributed by atoms with Crippen LogP contribution in [0.25, 0.3) is 0 Å². The molecule has 0 spiro atoms. The van der Waals surface area contributed by atoms with Gasteiger partial charge in [0.15, 0.2) is 5.78 Å². The Morgan fingerprint density at radius 1 is 0.914 bits per heavy atom. The van der Waals surface area contributed by atoms with Crippen molar-refractivity contribution >= 4 is 57.2 Å². The Kier molecular flexibility index (Phi) is 9.97. The molecule has 1 N–H and O–H groups in total. The Labute approximate surface area is 214 Å². The van der Waals surface area contributed by atoms with Crippen LogP contribution in [0.15, 0.2) is 53.0 Å². The number of ether oxygens (including phenoxy) is 3. The molecule has 0 saturated carbocycles. The smallest absolute Gasteiger partial charge is 0.330 e. The third-order valence-corrected chi connectivity index (χ3v) is 5.90. The quantitative estimate of drug-likeness (QED) is 0.183. The van der Waals surface area contributed by atoms with E-state index in [2.05, 4.69) is 20.7 Å². The van der Waals surface area contributed by atoms with Crippen molar-refractivity contribution in [2.75, 3.05) is 13.4 Å². The number of rotatable bonds is 11. The van der Waals surface area contributed by atoms with Crippen LogP contribution >= 0.6 is 27.5 Å². The third-order valence-electron chi connectivity index (χ3n) is 5.12. The van der Waals surface area contributed by atoms with Gasteiger partial charge < -0.3 is 19.3 Å². The van der Waals surface area contributed by atoms with Gasteiger partial charge in [-0.25, -0.2) is 0 Å². The highest BCUT2D eigenvalue weighted by molar-refractivity contribution is 9.10. The van der Waals surface area contributed by atoms with E-state index in [-0.39, 0.29) is 11.1 Å². The van der Waals surface area contributed by atoms with Gasteiger partial charge in [0, 0.05) is 41.2 Å². The Balaban J connectivity index is 2.61. The molecule has 2 unspecified atom stereocenters. The zero-order chi connectivity index (χ0) is 26.2. The molecule has 9 nitrogen and oxygen atoms in total. The van der Waals surface area contributed by atoms with Gasteiger partial charge in [0.05, 0.1) is 0 Å². The molecule has 2 atom stereocenters. The van der Waals surface area contributed by atoms with Crippen LogP contribution < -0.4 is 0 Å². The van der Waals surface area contributed by atoms with Gasteiger partial charge in [-0.1, -0.05) is 51.8 Å². The van der Waals surface area contributed by atoms with Crippen LogP contribution in [0, 0.1) is 5.41 Å². The molecular weight excluding hydrogens is 548 g/mol. The molecule has 0 saturated heterocycles. The second kappa shape index (κ2) is 12.5. The minimum atomic E-state index is -2.55. The monoisotopic (exact) mass is 568 g/mol. The van der Waals surface area contributed by atoms with Crippen molar-refractivity contribution in [2.24, 2.45) is 5.41 Å². The first-order valence-electron chi connectivity index (χ1n) is 10.2. The number of hydrogen-bond donors (Lipinski definition) is 1. The molecule has 0 amide bonds. The van der Waals surface area contributed by atoms with Crippen molar-refractivity contribution in [1.82, 2.24) is 0 Å². The number of aliphatic carboxylic acids is 1. The maximum absolute atomic E-state index is 13.2. The number of Topliss-reactive ketones (excluding diaryl/α,β-unsaturated/α-hetero) is 1. The van der Waals surface area contributed by atoms with Crippen LogP contribution in [-0.4, -0.2) is 48.2 Å². The lowest BCUT2D eigenvalue weighted by molar-refractivity contribution is -0.186. The fourth-order valence-corrected chi connectivity index (χ4v) is 3.71. The number of carboxylic acid groups (broad SMARTS) is 1. The number of benzene rings is 2. The second-order valence-corrected chi connectivity index (χ2v) is 8.83. The van der Waals surface area contributed by atoms with Crippen molar-refractivity contribution in [1.29, 1.82) is 0 Å². The molecule has 0 aromatic heterocycles. The van der Waals surface area contributed by atoms with Crippen LogP contribution in [0.2, 0.25) is 5.02 Å². The normalized spacial score (nSPS) is 13.1. The first-order chi connectivity index (χ1) is 16.5. The SMILES string of the molecule is CC(=O)OCOC(=O)C(COC(C)=O)(C(=O)O)C(CC(=O)c1ccc(Br)cc1)c1ccc(Cl)cc1. The first kappa shape index (κ1) is 28.0. The predicted molar refractivity (Wildman–Crippen MR) is 127 cm³/mol. The zero-order valence-electron chi connectivity index (χ0n) is 18.8. The summed E-state index contributed by atoms with van der Waals surface area (Å²) >= 11 is 9.26. The largest absolute Gasteiger partial charge is 0.480 e. The van der Waals surface area contributed by atoms with Crippen LogP contribution in [-0.2, 0) is 33.4 Å². The van der Waals surface area contributed by atoms with Gasteiger partial charge in [0.1, 0.15) is 6.61 Å². The van der Waals surface area contributed by atoms with E-state index in [1.54, 1.807) is 24.3 Å². The summed E-state index contributed by atoms with van der Waals surface area (Å²) in [6, 6.07) is 12.2. The molecular formula is C24H22BrClO9. The Morgan fingerprint density at radius 3 is 2.00 bits per heavy atom. The van der Waals surface area contributed by atoms with Gasteiger partial charge in [-0.15, -0.1) is 0 Å². The van der Waals surface area contributed by atoms with Crippen LogP contribution in [0.1, 0.15) is 42.1 Å². The fraction of sp³-hybridized carbons (Fsp3) is 0.292. The molecule has 2 rings (SSSR count). The van der Waals surface area contributed by atoms with E-state index >= 15 is 0 Å². The highest BCUT2D eigenvalue weighted by Crippen LogP contribution is 2.42. The summed E-state index contributed by atoms with van der Waals surface area (Å²) in [6.45, 7) is 0.320. The minimum absolute atomic E-state index is 0.263. The van der Waals surface area contributed by atoms with Crippen molar-refractivity contribution in [2.45, 2.75) is 26.2 Å². The van der Waals surface area contributed by atoms with E-state index in [1.165, 1.54) is 24.3 Å². The maximum atomic E-state index is 13.2. The van der Waals surface area contributed by atoms with Gasteiger partial charge in [0.2, 0.25) is 12.2 Å². The predicted octanol–water partition coefficient (Wildman–Crippen LogP) is 4.16. The lowest BCUT2D eigenvalue weighted by Crippen LogP contribution is -2.50. The van der Waals surface area contributed by atoms with Gasteiger partial charge in [-0.2, -0.15) is 0 Å². The van der Waals surface area contributed by atoms with E-state index in [0.717, 1.165) is 18.3 Å². The molecule has 0 aliphatic carbocycles. The molecule has 11 heteroatoms. The Morgan fingerprint density at radius 2 is 1.49 bits per heavy atom. The number of halogens is 2. The minimum Gasteiger partial charge on any atom is -0.480 e. The van der Waals surface area contributed by atoms with E-state index in [4.69, 9.17) is 21.1 Å². The molecule has 0 aliphatic rings. The lowest BCUT2D eigenvalue weighted by atomic mass is 9.69. The average molecular weight is 570 g/mol. The Hall–Kier alpha value is -3.24. The topological polar surface area (TPSA) is 133 Å². The number of ketones is 1. The standard InChI is InChI=1S/C24H22BrClO9/c1-14(27)33-12-24(22(30)31,23(32)35-13-34-15(2)28)20(16-5-9-19(26)10-6-16)11-21(29)17-3-7-18(25)8-4-17/h3-10,20H,11-13H2,1-2H3,(H,30,31). The molecule has 0 heterocycles. The van der Waals surface area contributed by atoms with Gasteiger partial charge in [0.25, 0.3) is 0 Å². The molecule has 0 bridgehead atoms. The van der Waals surface area contributed by atoms with Crippen LogP contribution in [0.3, 0.4) is 0 Å². The third kappa shape index (κ3) is 7.37. The van der Waals surface area contributed by atoms with E-state index in [0.29, 0.717) is 5.02 Å². The van der Waals surface area contributed by atoms with Crippen molar-refractivity contribution in [3.63, 3.8) is 0 Å². The highest BCUT2D eigenvalue weighted by Gasteiger charge is 2.56. The van der Waals surface area contributed by atoms with Gasteiger partial charge in [-0.05, 0) is 29.8 Å². The molecule has 35 heavy (non-hydrogen) atoms. The summed E-state index contributed by atoms with van der Waals surface area (Å²) in [5, 5.41) is 10.6. The number of carboxylic acids is 1. The number of esters is 3. The summed E-state index contributed by atoms with van der Waals surface area (Å²) in [4.78, 5) is 61.7. The van der Waals surface area contributed by atoms with E-state index in [1.807, 2.05) is 0 Å². The van der Waals surface area contributed by atoms with E-state index < -0.39 is 60.8 Å². The molecule has 2 aromatic carbocycles. The lowest BCUT2D eigenvalue weighted by Gasteiger charge is -2.34. The molecule has 2 aromatic rings. The summed E-state index contributed by atoms with van der Waals surface area (Å²) in [6.07, 6.45) is -0.459. The second-order valence-electron chi connectivity index (χ2n) is 7.48. The van der Waals surface area contributed by atoms with Crippen molar-refractivity contribution in [3.05, 3.63) is 69.2 Å². The summed E-state index contributed by atoms with van der Waals surface area (Å²) in [7, 11) is 0. The summed E-state index contributed by atoms with van der Waals surface area (Å²) in [5.41, 5.74) is -2.02. The number of carbonyl (C=O) groups excluding carboxylic acids is 4. The zero-order valence-corrected chi connectivity index (χ0v) is 21.1. The van der Waals surface area contributed by atoms with Crippen LogP contribution in [0.4, 0.5) is 0 Å². The van der Waals surface area contributed by atoms with Crippen molar-refractivity contribution in [3.8, 4) is 0 Å². The molecule has 186 valence electrons. The average Bonchev–Trinajstić information content (AvgIpc) is 2.79. The summed E-state index contributed by atoms with van der Waals surface area (Å²) in [5.74, 6) is -6.49. The van der Waals surface area contributed by atoms with Gasteiger partial charge in [-0.3, -0.25) is 24.0 Å².